The smallest absolute Gasteiger partial charge is 0.106 e. The highest BCUT2D eigenvalue weighted by Crippen LogP contribution is 2.28. The first-order chi connectivity index (χ1) is 9.34. The minimum absolute atomic E-state index is 0.268. The predicted molar refractivity (Wildman–Crippen MR) is 83.3 cm³/mol. The van der Waals surface area contributed by atoms with Gasteiger partial charge in [-0.25, -0.2) is 0 Å². The third-order valence-corrected chi connectivity index (χ3v) is 4.03. The standard InChI is InChI=1S/C16H17BrN2/c17-14-9-7-13(8-10-14)16-18-11-4-12-19(16)15-5-2-1-3-6-15/h1-3,5-10,16,18H,4,11-12H2. The van der Waals surface area contributed by atoms with Gasteiger partial charge in [0.15, 0.2) is 0 Å². The Bertz CT molecular complexity index is 524. The zero-order chi connectivity index (χ0) is 13.1. The maximum absolute atomic E-state index is 3.61. The third-order valence-electron chi connectivity index (χ3n) is 3.50. The molecule has 2 aromatic rings. The summed E-state index contributed by atoms with van der Waals surface area (Å²) in [6.07, 6.45) is 1.45. The summed E-state index contributed by atoms with van der Waals surface area (Å²) >= 11 is 3.50. The lowest BCUT2D eigenvalue weighted by Gasteiger charge is -2.38. The second-order valence-electron chi connectivity index (χ2n) is 4.79. The molecule has 0 saturated carbocycles. The first-order valence-corrected chi connectivity index (χ1v) is 7.44. The lowest BCUT2D eigenvalue weighted by molar-refractivity contribution is 0.438. The van der Waals surface area contributed by atoms with Gasteiger partial charge in [-0.05, 0) is 42.8 Å². The van der Waals surface area contributed by atoms with E-state index in [1.54, 1.807) is 0 Å². The number of nitrogens with zero attached hydrogens (tertiary/aromatic N) is 1. The molecule has 2 aromatic carbocycles. The van der Waals surface area contributed by atoms with Crippen molar-refractivity contribution in [2.45, 2.75) is 12.6 Å². The van der Waals surface area contributed by atoms with E-state index in [0.29, 0.717) is 0 Å². The predicted octanol–water partition coefficient (Wildman–Crippen LogP) is 3.95. The van der Waals surface area contributed by atoms with Crippen LogP contribution in [0.25, 0.3) is 0 Å². The Morgan fingerprint density at radius 3 is 2.47 bits per heavy atom. The summed E-state index contributed by atoms with van der Waals surface area (Å²) in [6, 6.07) is 19.2. The van der Waals surface area contributed by atoms with E-state index in [-0.39, 0.29) is 6.17 Å². The summed E-state index contributed by atoms with van der Waals surface area (Å²) in [7, 11) is 0. The van der Waals surface area contributed by atoms with Crippen molar-refractivity contribution in [1.29, 1.82) is 0 Å². The van der Waals surface area contributed by atoms with Gasteiger partial charge in [-0.3, -0.25) is 5.32 Å². The molecule has 3 rings (SSSR count). The highest BCUT2D eigenvalue weighted by molar-refractivity contribution is 9.10. The summed E-state index contributed by atoms with van der Waals surface area (Å²) in [5.41, 5.74) is 2.59. The van der Waals surface area contributed by atoms with E-state index in [2.05, 4.69) is 80.7 Å². The molecular weight excluding hydrogens is 300 g/mol. The summed E-state index contributed by atoms with van der Waals surface area (Å²) in [6.45, 7) is 2.17. The molecule has 19 heavy (non-hydrogen) atoms. The number of halogens is 1. The molecule has 0 amide bonds. The minimum Gasteiger partial charge on any atom is -0.352 e. The molecule has 0 spiro atoms. The van der Waals surface area contributed by atoms with E-state index in [1.165, 1.54) is 17.7 Å². The van der Waals surface area contributed by atoms with Crippen LogP contribution in [-0.2, 0) is 0 Å². The maximum Gasteiger partial charge on any atom is 0.106 e. The maximum atomic E-state index is 3.61. The van der Waals surface area contributed by atoms with Crippen LogP contribution >= 0.6 is 15.9 Å². The minimum atomic E-state index is 0.268. The number of para-hydroxylation sites is 1. The van der Waals surface area contributed by atoms with Crippen LogP contribution in [0.5, 0.6) is 0 Å². The Labute approximate surface area is 122 Å². The molecule has 3 heteroatoms. The van der Waals surface area contributed by atoms with Crippen LogP contribution in [0.15, 0.2) is 59.1 Å². The third kappa shape index (κ3) is 2.82. The van der Waals surface area contributed by atoms with Crippen molar-refractivity contribution < 1.29 is 0 Å². The molecule has 1 aliphatic rings. The SMILES string of the molecule is Brc1ccc(C2NCCCN2c2ccccc2)cc1. The second-order valence-corrected chi connectivity index (χ2v) is 5.71. The summed E-state index contributed by atoms with van der Waals surface area (Å²) in [5.74, 6) is 0. The fourth-order valence-corrected chi connectivity index (χ4v) is 2.83. The molecule has 0 aromatic heterocycles. The molecule has 98 valence electrons. The zero-order valence-corrected chi connectivity index (χ0v) is 12.3. The Hall–Kier alpha value is -1.32. The van der Waals surface area contributed by atoms with Crippen molar-refractivity contribution in [3.05, 3.63) is 64.6 Å². The number of benzene rings is 2. The molecule has 1 saturated heterocycles. The quantitative estimate of drug-likeness (QED) is 0.902. The second kappa shape index (κ2) is 5.76. The van der Waals surface area contributed by atoms with E-state index in [0.717, 1.165) is 17.6 Å². The molecule has 1 heterocycles. The van der Waals surface area contributed by atoms with Gasteiger partial charge in [0.2, 0.25) is 0 Å². The average Bonchev–Trinajstić information content (AvgIpc) is 2.49. The molecule has 1 fully saturated rings. The molecular formula is C16H17BrN2. The highest BCUT2D eigenvalue weighted by atomic mass is 79.9. The lowest BCUT2D eigenvalue weighted by atomic mass is 10.1. The van der Waals surface area contributed by atoms with Crippen LogP contribution in [0, 0.1) is 0 Å². The molecule has 0 aliphatic carbocycles. The van der Waals surface area contributed by atoms with Gasteiger partial charge in [0.25, 0.3) is 0 Å². The van der Waals surface area contributed by atoms with Crippen LogP contribution in [0.3, 0.4) is 0 Å². The Morgan fingerprint density at radius 2 is 1.74 bits per heavy atom. The number of anilines is 1. The van der Waals surface area contributed by atoms with E-state index in [9.17, 15) is 0 Å². The van der Waals surface area contributed by atoms with E-state index in [4.69, 9.17) is 0 Å². The molecule has 0 radical (unpaired) electrons. The highest BCUT2D eigenvalue weighted by Gasteiger charge is 2.23. The molecule has 1 N–H and O–H groups in total. The van der Waals surface area contributed by atoms with Gasteiger partial charge >= 0.3 is 0 Å². The van der Waals surface area contributed by atoms with Crippen LogP contribution in [0.4, 0.5) is 5.69 Å². The summed E-state index contributed by atoms with van der Waals surface area (Å²) in [5, 5.41) is 3.61. The van der Waals surface area contributed by atoms with Gasteiger partial charge in [0.05, 0.1) is 0 Å². The topological polar surface area (TPSA) is 15.3 Å². The van der Waals surface area contributed by atoms with E-state index in [1.807, 2.05) is 0 Å². The molecule has 1 atom stereocenters. The van der Waals surface area contributed by atoms with Crippen molar-refractivity contribution in [3.8, 4) is 0 Å². The van der Waals surface area contributed by atoms with Gasteiger partial charge in [-0.2, -0.15) is 0 Å². The largest absolute Gasteiger partial charge is 0.352 e. The monoisotopic (exact) mass is 316 g/mol. The van der Waals surface area contributed by atoms with Crippen LogP contribution < -0.4 is 10.2 Å². The van der Waals surface area contributed by atoms with Crippen LogP contribution in [-0.4, -0.2) is 13.1 Å². The van der Waals surface area contributed by atoms with Crippen LogP contribution in [0.2, 0.25) is 0 Å². The zero-order valence-electron chi connectivity index (χ0n) is 10.7. The van der Waals surface area contributed by atoms with Crippen molar-refractivity contribution in [1.82, 2.24) is 5.32 Å². The van der Waals surface area contributed by atoms with E-state index >= 15 is 0 Å². The molecule has 1 unspecified atom stereocenters. The first-order valence-electron chi connectivity index (χ1n) is 6.65. The molecule has 2 nitrogen and oxygen atoms in total. The van der Waals surface area contributed by atoms with Crippen LogP contribution in [0.1, 0.15) is 18.2 Å². The van der Waals surface area contributed by atoms with Crippen molar-refractivity contribution in [2.75, 3.05) is 18.0 Å². The Balaban J connectivity index is 1.91. The first kappa shape index (κ1) is 12.7. The van der Waals surface area contributed by atoms with Crippen molar-refractivity contribution in [3.63, 3.8) is 0 Å². The Kier molecular flexibility index (Phi) is 3.85. The van der Waals surface area contributed by atoms with Gasteiger partial charge in [0.1, 0.15) is 6.17 Å². The summed E-state index contributed by atoms with van der Waals surface area (Å²) < 4.78 is 1.12. The average molecular weight is 317 g/mol. The number of hydrogen-bond acceptors (Lipinski definition) is 2. The fourth-order valence-electron chi connectivity index (χ4n) is 2.57. The van der Waals surface area contributed by atoms with Gasteiger partial charge in [-0.1, -0.05) is 46.3 Å². The fraction of sp³-hybridized carbons (Fsp3) is 0.250. The number of rotatable bonds is 2. The van der Waals surface area contributed by atoms with E-state index < -0.39 is 0 Å². The summed E-state index contributed by atoms with van der Waals surface area (Å²) in [4.78, 5) is 2.44. The lowest BCUT2D eigenvalue weighted by Crippen LogP contribution is -2.45. The van der Waals surface area contributed by atoms with Crippen molar-refractivity contribution >= 4 is 21.6 Å². The number of hydrogen-bond donors (Lipinski definition) is 1. The number of nitrogens with one attached hydrogen (secondary N) is 1. The van der Waals surface area contributed by atoms with Gasteiger partial charge < -0.3 is 4.90 Å². The molecule has 1 aliphatic heterocycles. The van der Waals surface area contributed by atoms with Gasteiger partial charge in [0, 0.05) is 16.7 Å². The van der Waals surface area contributed by atoms with Gasteiger partial charge in [-0.15, -0.1) is 0 Å². The normalized spacial score (nSPS) is 19.4. The molecule has 0 bridgehead atoms. The Morgan fingerprint density at radius 1 is 1.00 bits per heavy atom. The van der Waals surface area contributed by atoms with Crippen molar-refractivity contribution in [2.24, 2.45) is 0 Å².